The molecule has 15 heavy (non-hydrogen) atoms. The van der Waals surface area contributed by atoms with Gasteiger partial charge in [-0.25, -0.2) is 0 Å². The van der Waals surface area contributed by atoms with E-state index in [1.54, 1.807) is 0 Å². The van der Waals surface area contributed by atoms with Gasteiger partial charge in [0.2, 0.25) is 0 Å². The molecule has 0 aromatic rings. The molecule has 0 amide bonds. The van der Waals surface area contributed by atoms with E-state index in [2.05, 4.69) is 17.5 Å². The maximum absolute atomic E-state index is 5.79. The summed E-state index contributed by atoms with van der Waals surface area (Å²) in [5, 5.41) is 3.49. The molecule has 1 aliphatic carbocycles. The van der Waals surface area contributed by atoms with Gasteiger partial charge in [0, 0.05) is 19.2 Å². The van der Waals surface area contributed by atoms with E-state index in [-0.39, 0.29) is 6.04 Å². The highest BCUT2D eigenvalue weighted by Gasteiger charge is 2.16. The Morgan fingerprint density at radius 2 is 2.33 bits per heavy atom. The number of hydrogen-bond acceptors (Lipinski definition) is 3. The van der Waals surface area contributed by atoms with E-state index in [1.807, 2.05) is 0 Å². The van der Waals surface area contributed by atoms with Crippen molar-refractivity contribution < 1.29 is 4.74 Å². The fraction of sp³-hybridized carbons (Fsp3) is 0.833. The molecule has 2 rings (SSSR count). The van der Waals surface area contributed by atoms with Gasteiger partial charge < -0.3 is 15.8 Å². The first-order chi connectivity index (χ1) is 7.34. The molecule has 0 aromatic carbocycles. The second kappa shape index (κ2) is 5.64. The summed E-state index contributed by atoms with van der Waals surface area (Å²) in [7, 11) is 0. The molecule has 3 N–H and O–H groups in total. The number of nitrogens with one attached hydrogen (secondary N) is 1. The quantitative estimate of drug-likeness (QED) is 0.526. The average molecular weight is 210 g/mol. The normalized spacial score (nSPS) is 35.1. The Balaban J connectivity index is 1.50. The van der Waals surface area contributed by atoms with Crippen molar-refractivity contribution >= 4 is 0 Å². The van der Waals surface area contributed by atoms with Crippen LogP contribution in [0.5, 0.6) is 0 Å². The Morgan fingerprint density at radius 3 is 3.00 bits per heavy atom. The fourth-order valence-electron chi connectivity index (χ4n) is 2.38. The lowest BCUT2D eigenvalue weighted by atomic mass is 10.1. The number of rotatable bonds is 5. The lowest BCUT2D eigenvalue weighted by Gasteiger charge is -2.13. The van der Waals surface area contributed by atoms with Gasteiger partial charge in [0.05, 0.1) is 6.10 Å². The standard InChI is InChI=1S/C12H22N2O/c13-11-4-3-10(8-11)9-14-6-5-12-2-1-7-15-12/h3-4,10-12,14H,1-2,5-9,13H2. The number of nitrogens with two attached hydrogens (primary N) is 1. The van der Waals surface area contributed by atoms with Gasteiger partial charge in [-0.05, 0) is 38.1 Å². The summed E-state index contributed by atoms with van der Waals surface area (Å²) in [6, 6.07) is 0.287. The molecule has 1 aliphatic heterocycles. The maximum Gasteiger partial charge on any atom is 0.0588 e. The molecular formula is C12H22N2O. The third kappa shape index (κ3) is 3.59. The third-order valence-corrected chi connectivity index (χ3v) is 3.28. The minimum absolute atomic E-state index is 0.287. The van der Waals surface area contributed by atoms with E-state index in [4.69, 9.17) is 10.5 Å². The molecule has 1 fully saturated rings. The molecule has 3 unspecified atom stereocenters. The Kier molecular flexibility index (Phi) is 4.18. The van der Waals surface area contributed by atoms with Crippen molar-refractivity contribution in [2.24, 2.45) is 11.7 Å². The van der Waals surface area contributed by atoms with Crippen molar-refractivity contribution in [1.29, 1.82) is 0 Å². The van der Waals surface area contributed by atoms with E-state index in [0.29, 0.717) is 12.0 Å². The zero-order valence-electron chi connectivity index (χ0n) is 9.32. The molecule has 2 aliphatic rings. The highest BCUT2D eigenvalue weighted by molar-refractivity contribution is 5.05. The van der Waals surface area contributed by atoms with Crippen molar-refractivity contribution in [3.8, 4) is 0 Å². The van der Waals surface area contributed by atoms with Crippen LogP contribution in [0.25, 0.3) is 0 Å². The molecule has 3 nitrogen and oxygen atoms in total. The van der Waals surface area contributed by atoms with Gasteiger partial charge in [-0.2, -0.15) is 0 Å². The number of ether oxygens (including phenoxy) is 1. The summed E-state index contributed by atoms with van der Waals surface area (Å²) in [6.45, 7) is 3.10. The van der Waals surface area contributed by atoms with E-state index in [9.17, 15) is 0 Å². The topological polar surface area (TPSA) is 47.3 Å². The van der Waals surface area contributed by atoms with Crippen molar-refractivity contribution in [2.45, 2.75) is 37.8 Å². The molecule has 3 heteroatoms. The summed E-state index contributed by atoms with van der Waals surface area (Å²) in [6.07, 6.45) is 9.62. The highest BCUT2D eigenvalue weighted by Crippen LogP contribution is 2.16. The van der Waals surface area contributed by atoms with Crippen molar-refractivity contribution in [2.75, 3.05) is 19.7 Å². The van der Waals surface area contributed by atoms with Crippen LogP contribution < -0.4 is 11.1 Å². The Hall–Kier alpha value is -0.380. The van der Waals surface area contributed by atoms with E-state index >= 15 is 0 Å². The van der Waals surface area contributed by atoms with Gasteiger partial charge in [-0.15, -0.1) is 0 Å². The first-order valence-electron chi connectivity index (χ1n) is 6.11. The van der Waals surface area contributed by atoms with Crippen molar-refractivity contribution in [1.82, 2.24) is 5.32 Å². The lowest BCUT2D eigenvalue weighted by molar-refractivity contribution is 0.104. The van der Waals surface area contributed by atoms with E-state index in [0.717, 1.165) is 32.5 Å². The molecule has 0 radical (unpaired) electrons. The third-order valence-electron chi connectivity index (χ3n) is 3.28. The predicted molar refractivity (Wildman–Crippen MR) is 61.7 cm³/mol. The Labute approximate surface area is 92.1 Å². The second-order valence-electron chi connectivity index (χ2n) is 4.67. The molecule has 1 heterocycles. The van der Waals surface area contributed by atoms with Crippen LogP contribution in [0, 0.1) is 5.92 Å². The van der Waals surface area contributed by atoms with Gasteiger partial charge in [0.1, 0.15) is 0 Å². The van der Waals surface area contributed by atoms with Gasteiger partial charge in [0.25, 0.3) is 0 Å². The molecule has 0 bridgehead atoms. The molecule has 3 atom stereocenters. The fourth-order valence-corrected chi connectivity index (χ4v) is 2.38. The highest BCUT2D eigenvalue weighted by atomic mass is 16.5. The Bertz CT molecular complexity index is 212. The summed E-state index contributed by atoms with van der Waals surface area (Å²) in [4.78, 5) is 0. The smallest absolute Gasteiger partial charge is 0.0588 e. The van der Waals surface area contributed by atoms with Crippen LogP contribution in [-0.2, 0) is 4.74 Å². The molecule has 0 spiro atoms. The van der Waals surface area contributed by atoms with Crippen LogP contribution in [0.4, 0.5) is 0 Å². The zero-order valence-corrected chi connectivity index (χ0v) is 9.32. The minimum atomic E-state index is 0.287. The SMILES string of the molecule is NC1C=CC(CNCCC2CCCO2)C1. The summed E-state index contributed by atoms with van der Waals surface area (Å²) >= 11 is 0. The van der Waals surface area contributed by atoms with Gasteiger partial charge in [0.15, 0.2) is 0 Å². The predicted octanol–water partition coefficient (Wildman–Crippen LogP) is 1.05. The minimum Gasteiger partial charge on any atom is -0.378 e. The summed E-state index contributed by atoms with van der Waals surface area (Å²) in [5.74, 6) is 0.643. The van der Waals surface area contributed by atoms with Crippen molar-refractivity contribution in [3.63, 3.8) is 0 Å². The lowest BCUT2D eigenvalue weighted by Crippen LogP contribution is -2.26. The van der Waals surface area contributed by atoms with E-state index in [1.165, 1.54) is 12.8 Å². The van der Waals surface area contributed by atoms with Crippen LogP contribution in [0.1, 0.15) is 25.7 Å². The van der Waals surface area contributed by atoms with E-state index < -0.39 is 0 Å². The molecular weight excluding hydrogens is 188 g/mol. The Morgan fingerprint density at radius 1 is 1.40 bits per heavy atom. The van der Waals surface area contributed by atoms with Crippen LogP contribution >= 0.6 is 0 Å². The average Bonchev–Trinajstić information content (AvgIpc) is 2.84. The first-order valence-corrected chi connectivity index (χ1v) is 6.11. The van der Waals surface area contributed by atoms with Crippen molar-refractivity contribution in [3.05, 3.63) is 12.2 Å². The molecule has 0 saturated carbocycles. The summed E-state index contributed by atoms with van der Waals surface area (Å²) in [5.41, 5.74) is 5.79. The van der Waals surface area contributed by atoms with Crippen LogP contribution in [0.2, 0.25) is 0 Å². The number of hydrogen-bond donors (Lipinski definition) is 2. The largest absolute Gasteiger partial charge is 0.378 e. The van der Waals surface area contributed by atoms with Crippen LogP contribution in [-0.4, -0.2) is 31.8 Å². The second-order valence-corrected chi connectivity index (χ2v) is 4.67. The summed E-state index contributed by atoms with van der Waals surface area (Å²) < 4.78 is 5.57. The van der Waals surface area contributed by atoms with Gasteiger partial charge in [-0.1, -0.05) is 12.2 Å². The zero-order chi connectivity index (χ0) is 10.5. The molecule has 0 aromatic heterocycles. The maximum atomic E-state index is 5.79. The molecule has 86 valence electrons. The monoisotopic (exact) mass is 210 g/mol. The van der Waals surface area contributed by atoms with Gasteiger partial charge >= 0.3 is 0 Å². The van der Waals surface area contributed by atoms with Crippen LogP contribution in [0.15, 0.2) is 12.2 Å². The van der Waals surface area contributed by atoms with Crippen LogP contribution in [0.3, 0.4) is 0 Å². The van der Waals surface area contributed by atoms with Gasteiger partial charge in [-0.3, -0.25) is 0 Å². The first kappa shape index (κ1) is 11.1. The molecule has 1 saturated heterocycles.